The lowest BCUT2D eigenvalue weighted by Gasteiger charge is -2.08. The number of nitrogens with zero attached hydrogens (tertiary/aromatic N) is 2. The third kappa shape index (κ3) is 2.10. The number of nitrogens with one attached hydrogen (secondary N) is 1. The van der Waals surface area contributed by atoms with Crippen LogP contribution in [0.3, 0.4) is 0 Å². The first-order valence-corrected chi connectivity index (χ1v) is 5.72. The summed E-state index contributed by atoms with van der Waals surface area (Å²) in [6.07, 6.45) is 5.05. The summed E-state index contributed by atoms with van der Waals surface area (Å²) in [5.41, 5.74) is 1.62. The van der Waals surface area contributed by atoms with Gasteiger partial charge in [-0.05, 0) is 24.2 Å². The van der Waals surface area contributed by atoms with Gasteiger partial charge in [-0.15, -0.1) is 9.24 Å². The molecular weight excluding hydrogens is 193 g/mol. The normalized spacial score (nSPS) is 23.7. The highest BCUT2D eigenvalue weighted by Gasteiger charge is 2.18. The van der Waals surface area contributed by atoms with Gasteiger partial charge in [0.1, 0.15) is 5.82 Å². The smallest absolute Gasteiger partial charge is 0.132 e. The fourth-order valence-electron chi connectivity index (χ4n) is 1.67. The number of hydrogen-bond donors (Lipinski definition) is 1. The molecule has 4 heteroatoms. The first kappa shape index (κ1) is 10.0. The molecule has 1 aromatic rings. The molecule has 0 radical (unpaired) electrons. The fourth-order valence-corrected chi connectivity index (χ4v) is 1.84. The van der Waals surface area contributed by atoms with Crippen molar-refractivity contribution in [2.24, 2.45) is 0 Å². The molecule has 2 rings (SSSR count). The van der Waals surface area contributed by atoms with Gasteiger partial charge >= 0.3 is 0 Å². The molecule has 3 unspecified atom stereocenters. The third-order valence-corrected chi connectivity index (χ3v) is 3.03. The summed E-state index contributed by atoms with van der Waals surface area (Å²) in [6.45, 7) is 4.24. The Morgan fingerprint density at radius 1 is 1.50 bits per heavy atom. The van der Waals surface area contributed by atoms with Gasteiger partial charge in [0.2, 0.25) is 0 Å². The van der Waals surface area contributed by atoms with E-state index in [4.69, 9.17) is 0 Å². The van der Waals surface area contributed by atoms with E-state index >= 15 is 0 Å². The van der Waals surface area contributed by atoms with Crippen molar-refractivity contribution in [3.8, 4) is 0 Å². The van der Waals surface area contributed by atoms with Crippen molar-refractivity contribution in [1.29, 1.82) is 0 Å². The predicted molar refractivity (Wildman–Crippen MR) is 60.4 cm³/mol. The van der Waals surface area contributed by atoms with Gasteiger partial charge in [-0.25, -0.2) is 9.97 Å². The first-order chi connectivity index (χ1) is 6.77. The maximum absolute atomic E-state index is 4.42. The van der Waals surface area contributed by atoms with Crippen molar-refractivity contribution in [2.75, 3.05) is 13.1 Å². The number of hydrogen-bond acceptors (Lipinski definition) is 3. The van der Waals surface area contributed by atoms with E-state index in [1.54, 1.807) is 0 Å². The van der Waals surface area contributed by atoms with Gasteiger partial charge in [0, 0.05) is 24.9 Å². The molecule has 3 atom stereocenters. The molecule has 1 saturated heterocycles. The first-order valence-electron chi connectivity index (χ1n) is 5.05. The van der Waals surface area contributed by atoms with Crippen molar-refractivity contribution in [3.05, 3.63) is 23.8 Å². The van der Waals surface area contributed by atoms with Crippen LogP contribution < -0.4 is 5.32 Å². The van der Waals surface area contributed by atoms with Gasteiger partial charge < -0.3 is 5.32 Å². The van der Waals surface area contributed by atoms with Crippen LogP contribution in [0.4, 0.5) is 0 Å². The lowest BCUT2D eigenvalue weighted by atomic mass is 10.1. The molecule has 1 N–H and O–H groups in total. The van der Waals surface area contributed by atoms with Crippen molar-refractivity contribution in [1.82, 2.24) is 15.3 Å². The van der Waals surface area contributed by atoms with Gasteiger partial charge in [0.15, 0.2) is 0 Å². The molecule has 76 valence electrons. The van der Waals surface area contributed by atoms with Crippen molar-refractivity contribution >= 4 is 9.24 Å². The Morgan fingerprint density at radius 3 is 2.71 bits per heavy atom. The van der Waals surface area contributed by atoms with Crippen LogP contribution in [-0.2, 0) is 0 Å². The van der Waals surface area contributed by atoms with E-state index in [1.165, 1.54) is 5.56 Å². The van der Waals surface area contributed by atoms with E-state index < -0.39 is 0 Å². The summed E-state index contributed by atoms with van der Waals surface area (Å²) in [5.74, 6) is 1.51. The highest BCUT2D eigenvalue weighted by molar-refractivity contribution is 7.17. The summed E-state index contributed by atoms with van der Waals surface area (Å²) in [5, 5.41) is 3.32. The topological polar surface area (TPSA) is 37.8 Å². The Labute approximate surface area is 86.9 Å². The Hall–Kier alpha value is -0.530. The van der Waals surface area contributed by atoms with E-state index in [0.717, 1.165) is 25.3 Å². The van der Waals surface area contributed by atoms with Crippen LogP contribution in [0.25, 0.3) is 0 Å². The highest BCUT2D eigenvalue weighted by Crippen LogP contribution is 2.22. The minimum absolute atomic E-state index is 0.436. The van der Waals surface area contributed by atoms with E-state index in [1.807, 2.05) is 12.4 Å². The number of rotatable bonds is 2. The quantitative estimate of drug-likeness (QED) is 0.750. The van der Waals surface area contributed by atoms with Crippen LogP contribution in [0.5, 0.6) is 0 Å². The summed E-state index contributed by atoms with van der Waals surface area (Å²) in [6, 6.07) is 0. The number of aromatic nitrogens is 2. The molecule has 1 aromatic heterocycles. The monoisotopic (exact) mass is 209 g/mol. The van der Waals surface area contributed by atoms with E-state index in [2.05, 4.69) is 31.4 Å². The van der Waals surface area contributed by atoms with E-state index in [0.29, 0.717) is 11.6 Å². The SMILES string of the molecule is CC(P)c1cnc(C2CCNC2)nc1. The lowest BCUT2D eigenvalue weighted by molar-refractivity contribution is 0.698. The second-order valence-corrected chi connectivity index (χ2v) is 4.85. The summed E-state index contributed by atoms with van der Waals surface area (Å²) in [7, 11) is 2.76. The van der Waals surface area contributed by atoms with Crippen LogP contribution in [0, 0.1) is 0 Å². The maximum Gasteiger partial charge on any atom is 0.132 e. The Kier molecular flexibility index (Phi) is 3.09. The largest absolute Gasteiger partial charge is 0.316 e. The minimum Gasteiger partial charge on any atom is -0.316 e. The van der Waals surface area contributed by atoms with Crippen molar-refractivity contribution < 1.29 is 0 Å². The van der Waals surface area contributed by atoms with E-state index in [-0.39, 0.29) is 0 Å². The van der Waals surface area contributed by atoms with Crippen LogP contribution >= 0.6 is 9.24 Å². The molecule has 0 bridgehead atoms. The molecule has 2 heterocycles. The van der Waals surface area contributed by atoms with Gasteiger partial charge in [0.05, 0.1) is 0 Å². The third-order valence-electron chi connectivity index (χ3n) is 2.64. The Morgan fingerprint density at radius 2 is 2.21 bits per heavy atom. The van der Waals surface area contributed by atoms with Crippen molar-refractivity contribution in [3.63, 3.8) is 0 Å². The molecule has 0 saturated carbocycles. The maximum atomic E-state index is 4.42. The summed E-state index contributed by atoms with van der Waals surface area (Å²) < 4.78 is 0. The second-order valence-electron chi connectivity index (χ2n) is 3.85. The fraction of sp³-hybridized carbons (Fsp3) is 0.600. The predicted octanol–water partition coefficient (Wildman–Crippen LogP) is 1.49. The molecular formula is C10H16N3P. The van der Waals surface area contributed by atoms with Crippen LogP contribution in [0.1, 0.15) is 36.3 Å². The van der Waals surface area contributed by atoms with Crippen molar-refractivity contribution in [2.45, 2.75) is 24.9 Å². The molecule has 3 nitrogen and oxygen atoms in total. The molecule has 1 aliphatic rings. The Bertz CT molecular complexity index is 291. The highest BCUT2D eigenvalue weighted by atomic mass is 31.0. The molecule has 0 amide bonds. The van der Waals surface area contributed by atoms with Crippen LogP contribution in [0.2, 0.25) is 0 Å². The standard InChI is InChI=1S/C10H16N3P/c1-7(14)9-5-12-10(13-6-9)8-2-3-11-4-8/h5-8,11H,2-4,14H2,1H3. The Balaban J connectivity index is 2.12. The van der Waals surface area contributed by atoms with Crippen LogP contribution in [-0.4, -0.2) is 23.1 Å². The van der Waals surface area contributed by atoms with Gasteiger partial charge in [-0.2, -0.15) is 0 Å². The van der Waals surface area contributed by atoms with Crippen LogP contribution in [0.15, 0.2) is 12.4 Å². The molecule has 1 aliphatic heterocycles. The molecule has 0 spiro atoms. The zero-order valence-electron chi connectivity index (χ0n) is 8.40. The molecule has 14 heavy (non-hydrogen) atoms. The summed E-state index contributed by atoms with van der Waals surface area (Å²) in [4.78, 5) is 8.84. The average Bonchev–Trinajstić information content (AvgIpc) is 2.71. The molecule has 0 aromatic carbocycles. The van der Waals surface area contributed by atoms with E-state index in [9.17, 15) is 0 Å². The lowest BCUT2D eigenvalue weighted by Crippen LogP contribution is -2.10. The van der Waals surface area contributed by atoms with Gasteiger partial charge in [0.25, 0.3) is 0 Å². The van der Waals surface area contributed by atoms with Gasteiger partial charge in [-0.1, -0.05) is 6.92 Å². The minimum atomic E-state index is 0.436. The van der Waals surface area contributed by atoms with Gasteiger partial charge in [-0.3, -0.25) is 0 Å². The molecule has 1 fully saturated rings. The average molecular weight is 209 g/mol. The zero-order valence-corrected chi connectivity index (χ0v) is 9.56. The second kappa shape index (κ2) is 4.33. The zero-order chi connectivity index (χ0) is 9.97. The summed E-state index contributed by atoms with van der Waals surface area (Å²) >= 11 is 0. The molecule has 0 aliphatic carbocycles.